The van der Waals surface area contributed by atoms with Crippen molar-refractivity contribution in [1.29, 1.82) is 0 Å². The Morgan fingerprint density at radius 2 is 1.74 bits per heavy atom. The molecule has 0 aliphatic carbocycles. The summed E-state index contributed by atoms with van der Waals surface area (Å²) in [5, 5.41) is 2.45. The molecule has 1 aromatic rings. The van der Waals surface area contributed by atoms with Crippen LogP contribution < -0.4 is 5.32 Å². The number of imide groups is 1. The molecule has 2 heterocycles. The molecule has 0 unspecified atom stereocenters. The SMILES string of the molecule is O=C(c1c(F)cccc1F)N1CCC(N2C(=O)CNC2=O)CC1. The van der Waals surface area contributed by atoms with Crippen LogP contribution in [0.25, 0.3) is 0 Å². The number of amides is 4. The van der Waals surface area contributed by atoms with Gasteiger partial charge in [-0.2, -0.15) is 0 Å². The van der Waals surface area contributed by atoms with Gasteiger partial charge in [0.25, 0.3) is 5.91 Å². The number of likely N-dealkylation sites (tertiary alicyclic amines) is 1. The summed E-state index contributed by atoms with van der Waals surface area (Å²) in [7, 11) is 0. The van der Waals surface area contributed by atoms with Crippen LogP contribution in [0.4, 0.5) is 13.6 Å². The lowest BCUT2D eigenvalue weighted by Gasteiger charge is -2.35. The van der Waals surface area contributed by atoms with E-state index in [0.717, 1.165) is 12.1 Å². The minimum absolute atomic E-state index is 0.0155. The second kappa shape index (κ2) is 5.94. The van der Waals surface area contributed by atoms with E-state index in [-0.39, 0.29) is 31.6 Å². The predicted molar refractivity (Wildman–Crippen MR) is 75.5 cm³/mol. The summed E-state index contributed by atoms with van der Waals surface area (Å²) in [6, 6.07) is 2.55. The number of piperidine rings is 1. The maximum Gasteiger partial charge on any atom is 0.324 e. The minimum Gasteiger partial charge on any atom is -0.338 e. The van der Waals surface area contributed by atoms with Crippen LogP contribution in [0.3, 0.4) is 0 Å². The van der Waals surface area contributed by atoms with E-state index in [1.807, 2.05) is 0 Å². The first-order chi connectivity index (χ1) is 11.0. The highest BCUT2D eigenvalue weighted by atomic mass is 19.1. The van der Waals surface area contributed by atoms with Crippen molar-refractivity contribution in [2.24, 2.45) is 0 Å². The average Bonchev–Trinajstić information content (AvgIpc) is 2.86. The summed E-state index contributed by atoms with van der Waals surface area (Å²) in [4.78, 5) is 38.1. The second-order valence-corrected chi connectivity index (χ2v) is 5.54. The molecule has 122 valence electrons. The number of hydrogen-bond donors (Lipinski definition) is 1. The summed E-state index contributed by atoms with van der Waals surface area (Å²) in [6.45, 7) is 0.446. The lowest BCUT2D eigenvalue weighted by Crippen LogP contribution is -2.49. The smallest absolute Gasteiger partial charge is 0.324 e. The van der Waals surface area contributed by atoms with Crippen molar-refractivity contribution in [3.63, 3.8) is 0 Å². The molecule has 2 saturated heterocycles. The highest BCUT2D eigenvalue weighted by Gasteiger charge is 2.37. The highest BCUT2D eigenvalue weighted by Crippen LogP contribution is 2.22. The molecule has 23 heavy (non-hydrogen) atoms. The molecule has 0 spiro atoms. The first kappa shape index (κ1) is 15.4. The number of rotatable bonds is 2. The lowest BCUT2D eigenvalue weighted by atomic mass is 10.0. The van der Waals surface area contributed by atoms with E-state index in [1.54, 1.807) is 0 Å². The van der Waals surface area contributed by atoms with Gasteiger partial charge in [-0.25, -0.2) is 13.6 Å². The van der Waals surface area contributed by atoms with E-state index in [2.05, 4.69) is 5.32 Å². The van der Waals surface area contributed by atoms with Crippen LogP contribution >= 0.6 is 0 Å². The minimum atomic E-state index is -0.897. The molecule has 0 bridgehead atoms. The number of carbonyl (C=O) groups excluding carboxylic acids is 3. The van der Waals surface area contributed by atoms with E-state index in [4.69, 9.17) is 0 Å². The standard InChI is InChI=1S/C15H15F2N3O3/c16-10-2-1-3-11(17)13(10)14(22)19-6-4-9(5-7-19)20-12(21)8-18-15(20)23/h1-3,9H,4-8H2,(H,18,23). The van der Waals surface area contributed by atoms with Crippen LogP contribution in [-0.4, -0.2) is 53.3 Å². The average molecular weight is 323 g/mol. The van der Waals surface area contributed by atoms with E-state index >= 15 is 0 Å². The molecule has 3 rings (SSSR count). The first-order valence-electron chi connectivity index (χ1n) is 7.32. The van der Waals surface area contributed by atoms with Gasteiger partial charge in [-0.3, -0.25) is 14.5 Å². The summed E-state index contributed by atoms with van der Waals surface area (Å²) in [5.41, 5.74) is -0.569. The summed E-state index contributed by atoms with van der Waals surface area (Å²) in [5.74, 6) is -2.80. The largest absolute Gasteiger partial charge is 0.338 e. The van der Waals surface area contributed by atoms with E-state index < -0.39 is 29.1 Å². The van der Waals surface area contributed by atoms with Gasteiger partial charge in [-0.15, -0.1) is 0 Å². The molecule has 0 saturated carbocycles. The Labute approximate surface area is 131 Å². The lowest BCUT2D eigenvalue weighted by molar-refractivity contribution is -0.127. The zero-order chi connectivity index (χ0) is 16.6. The van der Waals surface area contributed by atoms with E-state index in [0.29, 0.717) is 12.8 Å². The fourth-order valence-corrected chi connectivity index (χ4v) is 2.99. The number of halogens is 2. The summed E-state index contributed by atoms with van der Waals surface area (Å²) >= 11 is 0. The number of nitrogens with zero attached hydrogens (tertiary/aromatic N) is 2. The van der Waals surface area contributed by atoms with Crippen molar-refractivity contribution in [2.75, 3.05) is 19.6 Å². The van der Waals surface area contributed by atoms with Crippen molar-refractivity contribution in [3.05, 3.63) is 35.4 Å². The van der Waals surface area contributed by atoms with Gasteiger partial charge in [0.15, 0.2) is 0 Å². The third-order valence-corrected chi connectivity index (χ3v) is 4.17. The quantitative estimate of drug-likeness (QED) is 0.829. The molecule has 2 fully saturated rings. The van der Waals surface area contributed by atoms with Gasteiger partial charge in [0, 0.05) is 19.1 Å². The monoisotopic (exact) mass is 323 g/mol. The molecule has 0 atom stereocenters. The van der Waals surface area contributed by atoms with Gasteiger partial charge in [0.1, 0.15) is 17.2 Å². The second-order valence-electron chi connectivity index (χ2n) is 5.54. The van der Waals surface area contributed by atoms with Gasteiger partial charge < -0.3 is 10.2 Å². The zero-order valence-electron chi connectivity index (χ0n) is 12.2. The van der Waals surface area contributed by atoms with Crippen LogP contribution in [0.1, 0.15) is 23.2 Å². The Hall–Kier alpha value is -2.51. The van der Waals surface area contributed by atoms with Crippen molar-refractivity contribution in [2.45, 2.75) is 18.9 Å². The maximum atomic E-state index is 13.7. The zero-order valence-corrected chi connectivity index (χ0v) is 12.2. The number of urea groups is 1. The third kappa shape index (κ3) is 2.76. The number of carbonyl (C=O) groups is 3. The Kier molecular flexibility index (Phi) is 3.97. The Morgan fingerprint density at radius 1 is 1.13 bits per heavy atom. The molecular weight excluding hydrogens is 308 g/mol. The molecule has 1 N–H and O–H groups in total. The number of hydrogen-bond acceptors (Lipinski definition) is 3. The number of nitrogens with one attached hydrogen (secondary N) is 1. The first-order valence-corrected chi connectivity index (χ1v) is 7.32. The molecule has 1 aromatic carbocycles. The maximum absolute atomic E-state index is 13.7. The third-order valence-electron chi connectivity index (χ3n) is 4.17. The Balaban J connectivity index is 1.68. The van der Waals surface area contributed by atoms with Crippen LogP contribution in [0.5, 0.6) is 0 Å². The van der Waals surface area contributed by atoms with Gasteiger partial charge >= 0.3 is 6.03 Å². The normalized spacial score (nSPS) is 19.2. The topological polar surface area (TPSA) is 69.7 Å². The number of benzene rings is 1. The molecule has 8 heteroatoms. The van der Waals surface area contributed by atoms with Crippen LogP contribution in [0.2, 0.25) is 0 Å². The molecule has 2 aliphatic heterocycles. The fourth-order valence-electron chi connectivity index (χ4n) is 2.99. The van der Waals surface area contributed by atoms with E-state index in [1.165, 1.54) is 15.9 Å². The van der Waals surface area contributed by atoms with E-state index in [9.17, 15) is 23.2 Å². The molecular formula is C15H15F2N3O3. The van der Waals surface area contributed by atoms with Gasteiger partial charge in [-0.05, 0) is 25.0 Å². The van der Waals surface area contributed by atoms with Gasteiger partial charge in [-0.1, -0.05) is 6.07 Å². The van der Waals surface area contributed by atoms with Crippen LogP contribution in [0, 0.1) is 11.6 Å². The molecule has 4 amide bonds. The molecule has 6 nitrogen and oxygen atoms in total. The van der Waals surface area contributed by atoms with Gasteiger partial charge in [0.05, 0.1) is 6.54 Å². The van der Waals surface area contributed by atoms with Crippen molar-refractivity contribution < 1.29 is 23.2 Å². The van der Waals surface area contributed by atoms with Crippen LogP contribution in [0.15, 0.2) is 18.2 Å². The molecule has 0 aromatic heterocycles. The molecule has 0 radical (unpaired) electrons. The van der Waals surface area contributed by atoms with Gasteiger partial charge in [0.2, 0.25) is 5.91 Å². The Morgan fingerprint density at radius 3 is 2.26 bits per heavy atom. The van der Waals surface area contributed by atoms with Crippen LogP contribution in [-0.2, 0) is 4.79 Å². The summed E-state index contributed by atoms with van der Waals surface area (Å²) in [6.07, 6.45) is 0.780. The predicted octanol–water partition coefficient (Wildman–Crippen LogP) is 1.12. The summed E-state index contributed by atoms with van der Waals surface area (Å²) < 4.78 is 27.4. The van der Waals surface area contributed by atoms with Crippen molar-refractivity contribution in [3.8, 4) is 0 Å². The van der Waals surface area contributed by atoms with Crippen molar-refractivity contribution >= 4 is 17.8 Å². The highest BCUT2D eigenvalue weighted by molar-refractivity contribution is 6.02. The fraction of sp³-hybridized carbons (Fsp3) is 0.400. The van der Waals surface area contributed by atoms with Crippen molar-refractivity contribution in [1.82, 2.24) is 15.1 Å². The Bertz CT molecular complexity index is 636. The molecule has 2 aliphatic rings.